The lowest BCUT2D eigenvalue weighted by Crippen LogP contribution is -2.36. The molecule has 2 unspecified atom stereocenters. The van der Waals surface area contributed by atoms with E-state index in [4.69, 9.17) is 0 Å². The molecule has 0 radical (unpaired) electrons. The molecule has 1 aromatic rings. The van der Waals surface area contributed by atoms with Crippen LogP contribution in [0.3, 0.4) is 0 Å². The van der Waals surface area contributed by atoms with Gasteiger partial charge >= 0.3 is 0 Å². The fourth-order valence-electron chi connectivity index (χ4n) is 3.16. The van der Waals surface area contributed by atoms with Crippen LogP contribution in [-0.4, -0.2) is 31.6 Å². The maximum atomic E-state index is 3.78. The fraction of sp³-hybridized carbons (Fsp3) is 0.647. The van der Waals surface area contributed by atoms with E-state index in [2.05, 4.69) is 68.5 Å². The van der Waals surface area contributed by atoms with Crippen molar-refractivity contribution in [3.05, 3.63) is 35.9 Å². The third kappa shape index (κ3) is 4.05. The average molecular weight is 260 g/mol. The van der Waals surface area contributed by atoms with E-state index in [0.29, 0.717) is 17.5 Å². The maximum Gasteiger partial charge on any atom is 0.0466 e. The highest BCUT2D eigenvalue weighted by molar-refractivity contribution is 5.19. The Morgan fingerprint density at radius 1 is 1.26 bits per heavy atom. The molecular formula is C17H28N2. The second-order valence-electron chi connectivity index (χ2n) is 6.90. The van der Waals surface area contributed by atoms with Gasteiger partial charge in [0, 0.05) is 18.6 Å². The Kier molecular flexibility index (Phi) is 4.64. The summed E-state index contributed by atoms with van der Waals surface area (Å²) in [6.45, 7) is 5.81. The van der Waals surface area contributed by atoms with Crippen LogP contribution in [0.15, 0.2) is 30.3 Å². The first-order chi connectivity index (χ1) is 8.98. The lowest BCUT2D eigenvalue weighted by molar-refractivity contribution is 0.275. The van der Waals surface area contributed by atoms with Crippen LogP contribution >= 0.6 is 0 Å². The lowest BCUT2D eigenvalue weighted by atomic mass is 9.92. The number of hydrogen-bond acceptors (Lipinski definition) is 2. The highest BCUT2D eigenvalue weighted by atomic mass is 15.1. The van der Waals surface area contributed by atoms with Crippen LogP contribution in [-0.2, 0) is 0 Å². The molecule has 2 atom stereocenters. The Morgan fingerprint density at radius 3 is 2.47 bits per heavy atom. The van der Waals surface area contributed by atoms with Gasteiger partial charge in [0.15, 0.2) is 0 Å². The quantitative estimate of drug-likeness (QED) is 0.872. The van der Waals surface area contributed by atoms with E-state index in [9.17, 15) is 0 Å². The third-order valence-electron chi connectivity index (χ3n) is 4.38. The molecule has 1 fully saturated rings. The van der Waals surface area contributed by atoms with Crippen molar-refractivity contribution in [1.82, 2.24) is 10.2 Å². The Morgan fingerprint density at radius 2 is 1.95 bits per heavy atom. The standard InChI is InChI=1S/C17H28N2/c1-17(2)11-10-15(12-17)18-13-16(19(3)4)14-8-6-5-7-9-14/h5-9,15-16,18H,10-13H2,1-4H3. The van der Waals surface area contributed by atoms with E-state index in [1.54, 1.807) is 0 Å². The molecule has 1 aliphatic carbocycles. The van der Waals surface area contributed by atoms with E-state index in [-0.39, 0.29) is 0 Å². The fourth-order valence-corrected chi connectivity index (χ4v) is 3.16. The average Bonchev–Trinajstić information content (AvgIpc) is 2.70. The minimum atomic E-state index is 0.463. The molecule has 1 saturated carbocycles. The molecule has 0 bridgehead atoms. The van der Waals surface area contributed by atoms with E-state index in [1.165, 1.54) is 24.8 Å². The molecule has 0 saturated heterocycles. The first-order valence-corrected chi connectivity index (χ1v) is 7.43. The largest absolute Gasteiger partial charge is 0.312 e. The predicted molar refractivity (Wildman–Crippen MR) is 82.3 cm³/mol. The summed E-state index contributed by atoms with van der Waals surface area (Å²) < 4.78 is 0. The summed E-state index contributed by atoms with van der Waals surface area (Å²) in [5.41, 5.74) is 1.93. The van der Waals surface area contributed by atoms with Gasteiger partial charge in [0.05, 0.1) is 0 Å². The molecule has 19 heavy (non-hydrogen) atoms. The van der Waals surface area contributed by atoms with Gasteiger partial charge in [-0.15, -0.1) is 0 Å². The third-order valence-corrected chi connectivity index (χ3v) is 4.38. The van der Waals surface area contributed by atoms with E-state index in [0.717, 1.165) is 6.54 Å². The molecular weight excluding hydrogens is 232 g/mol. The molecule has 2 nitrogen and oxygen atoms in total. The lowest BCUT2D eigenvalue weighted by Gasteiger charge is -2.27. The highest BCUT2D eigenvalue weighted by Gasteiger charge is 2.31. The second kappa shape index (κ2) is 6.06. The van der Waals surface area contributed by atoms with Crippen molar-refractivity contribution in [2.75, 3.05) is 20.6 Å². The minimum Gasteiger partial charge on any atom is -0.312 e. The minimum absolute atomic E-state index is 0.463. The Labute approximate surface area is 118 Å². The topological polar surface area (TPSA) is 15.3 Å². The van der Waals surface area contributed by atoms with Crippen molar-refractivity contribution in [2.24, 2.45) is 5.41 Å². The molecule has 1 N–H and O–H groups in total. The van der Waals surface area contributed by atoms with Crippen molar-refractivity contribution < 1.29 is 0 Å². The summed E-state index contributed by atoms with van der Waals surface area (Å²) in [7, 11) is 4.33. The van der Waals surface area contributed by atoms with Crippen molar-refractivity contribution in [3.8, 4) is 0 Å². The van der Waals surface area contributed by atoms with Gasteiger partial charge in [0.25, 0.3) is 0 Å². The molecule has 0 amide bonds. The number of nitrogens with zero attached hydrogens (tertiary/aromatic N) is 1. The SMILES string of the molecule is CN(C)C(CNC1CCC(C)(C)C1)c1ccccc1. The van der Waals surface area contributed by atoms with E-state index in [1.807, 2.05) is 0 Å². The number of rotatable bonds is 5. The summed E-state index contributed by atoms with van der Waals surface area (Å²) in [4.78, 5) is 2.31. The highest BCUT2D eigenvalue weighted by Crippen LogP contribution is 2.37. The zero-order valence-corrected chi connectivity index (χ0v) is 12.8. The number of likely N-dealkylation sites (N-methyl/N-ethyl adjacent to an activating group) is 1. The Hall–Kier alpha value is -0.860. The molecule has 106 valence electrons. The van der Waals surface area contributed by atoms with Gasteiger partial charge in [-0.25, -0.2) is 0 Å². The molecule has 0 aromatic heterocycles. The normalized spacial score (nSPS) is 23.7. The van der Waals surface area contributed by atoms with E-state index < -0.39 is 0 Å². The molecule has 1 aliphatic rings. The zero-order chi connectivity index (χ0) is 13.9. The second-order valence-corrected chi connectivity index (χ2v) is 6.90. The van der Waals surface area contributed by atoms with Crippen molar-refractivity contribution >= 4 is 0 Å². The monoisotopic (exact) mass is 260 g/mol. The first kappa shape index (κ1) is 14.5. The van der Waals surface area contributed by atoms with E-state index >= 15 is 0 Å². The molecule has 0 heterocycles. The molecule has 0 aliphatic heterocycles. The first-order valence-electron chi connectivity index (χ1n) is 7.43. The van der Waals surface area contributed by atoms with Crippen LogP contribution in [0.4, 0.5) is 0 Å². The van der Waals surface area contributed by atoms with Gasteiger partial charge in [0.2, 0.25) is 0 Å². The Balaban J connectivity index is 1.92. The molecule has 0 spiro atoms. The van der Waals surface area contributed by atoms with Crippen LogP contribution in [0.1, 0.15) is 44.7 Å². The van der Waals surface area contributed by atoms with Crippen LogP contribution in [0.5, 0.6) is 0 Å². The van der Waals surface area contributed by atoms with Gasteiger partial charge < -0.3 is 10.2 Å². The van der Waals surface area contributed by atoms with Crippen molar-refractivity contribution in [3.63, 3.8) is 0 Å². The zero-order valence-electron chi connectivity index (χ0n) is 12.8. The van der Waals surface area contributed by atoms with Gasteiger partial charge in [-0.1, -0.05) is 44.2 Å². The number of benzene rings is 1. The summed E-state index contributed by atoms with van der Waals surface area (Å²) in [5.74, 6) is 0. The van der Waals surface area contributed by atoms with Crippen molar-refractivity contribution in [2.45, 2.75) is 45.2 Å². The smallest absolute Gasteiger partial charge is 0.0466 e. The number of nitrogens with one attached hydrogen (secondary N) is 1. The van der Waals surface area contributed by atoms with Gasteiger partial charge in [-0.05, 0) is 44.3 Å². The van der Waals surface area contributed by atoms with Crippen LogP contribution in [0.25, 0.3) is 0 Å². The van der Waals surface area contributed by atoms with Crippen LogP contribution in [0, 0.1) is 5.41 Å². The van der Waals surface area contributed by atoms with Crippen LogP contribution < -0.4 is 5.32 Å². The predicted octanol–water partition coefficient (Wildman–Crippen LogP) is 3.46. The van der Waals surface area contributed by atoms with Crippen molar-refractivity contribution in [1.29, 1.82) is 0 Å². The maximum absolute atomic E-state index is 3.78. The van der Waals surface area contributed by atoms with Gasteiger partial charge in [0.1, 0.15) is 0 Å². The summed E-state index contributed by atoms with van der Waals surface area (Å²) in [5, 5.41) is 3.78. The molecule has 1 aromatic carbocycles. The van der Waals surface area contributed by atoms with Gasteiger partial charge in [-0.3, -0.25) is 0 Å². The molecule has 2 rings (SSSR count). The van der Waals surface area contributed by atoms with Gasteiger partial charge in [-0.2, -0.15) is 0 Å². The molecule has 2 heteroatoms. The van der Waals surface area contributed by atoms with Crippen LogP contribution in [0.2, 0.25) is 0 Å². The summed E-state index contributed by atoms with van der Waals surface area (Å²) in [6, 6.07) is 12.0. The summed E-state index contributed by atoms with van der Waals surface area (Å²) in [6.07, 6.45) is 3.98. The Bertz CT molecular complexity index is 384. The number of hydrogen-bond donors (Lipinski definition) is 1. The summed E-state index contributed by atoms with van der Waals surface area (Å²) >= 11 is 0.